The van der Waals surface area contributed by atoms with Crippen molar-refractivity contribution in [3.63, 3.8) is 0 Å². The van der Waals surface area contributed by atoms with E-state index in [9.17, 15) is 4.79 Å². The van der Waals surface area contributed by atoms with E-state index in [4.69, 9.17) is 16.9 Å². The van der Waals surface area contributed by atoms with Crippen LogP contribution in [0.15, 0.2) is 45.8 Å². The molecular formula is C14H8BrClN2OS. The number of carbonyl (C=O) groups is 1. The zero-order valence-electron chi connectivity index (χ0n) is 10.0. The normalized spacial score (nSPS) is 9.90. The van der Waals surface area contributed by atoms with E-state index in [0.717, 1.165) is 0 Å². The number of thiol groups is 1. The Balaban J connectivity index is 2.33. The van der Waals surface area contributed by atoms with Gasteiger partial charge in [-0.25, -0.2) is 0 Å². The van der Waals surface area contributed by atoms with Crippen LogP contribution in [0.1, 0.15) is 15.9 Å². The maximum absolute atomic E-state index is 12.2. The predicted octanol–water partition coefficient (Wildman–Crippen LogP) is 4.52. The molecular weight excluding hydrogens is 360 g/mol. The summed E-state index contributed by atoms with van der Waals surface area (Å²) in [7, 11) is 0. The molecule has 0 atom stereocenters. The zero-order valence-corrected chi connectivity index (χ0v) is 13.3. The molecule has 1 N–H and O–H groups in total. The first-order valence-electron chi connectivity index (χ1n) is 5.51. The Bertz CT molecular complexity index is 728. The molecule has 0 aliphatic rings. The van der Waals surface area contributed by atoms with Gasteiger partial charge >= 0.3 is 0 Å². The summed E-state index contributed by atoms with van der Waals surface area (Å²) in [6, 6.07) is 11.8. The van der Waals surface area contributed by atoms with Gasteiger partial charge in [-0.15, -0.1) is 12.6 Å². The molecule has 6 heteroatoms. The largest absolute Gasteiger partial charge is 0.321 e. The fraction of sp³-hybridized carbons (Fsp3) is 0. The number of nitriles is 1. The molecule has 1 amide bonds. The molecule has 2 rings (SSSR count). The average molecular weight is 368 g/mol. The summed E-state index contributed by atoms with van der Waals surface area (Å²) in [4.78, 5) is 12.9. The molecule has 0 aliphatic carbocycles. The Morgan fingerprint density at radius 3 is 2.75 bits per heavy atom. The van der Waals surface area contributed by atoms with Gasteiger partial charge in [0.1, 0.15) is 0 Å². The van der Waals surface area contributed by atoms with E-state index in [-0.39, 0.29) is 5.91 Å². The summed E-state index contributed by atoms with van der Waals surface area (Å²) in [5.74, 6) is -0.329. The van der Waals surface area contributed by atoms with E-state index in [1.54, 1.807) is 30.3 Å². The van der Waals surface area contributed by atoms with E-state index in [2.05, 4.69) is 33.9 Å². The molecule has 0 radical (unpaired) electrons. The number of halogens is 2. The average Bonchev–Trinajstić information content (AvgIpc) is 2.43. The maximum Gasteiger partial charge on any atom is 0.256 e. The Hall–Kier alpha value is -1.48. The van der Waals surface area contributed by atoms with E-state index in [1.165, 1.54) is 6.07 Å². The lowest BCUT2D eigenvalue weighted by atomic mass is 10.2. The third-order valence-electron chi connectivity index (χ3n) is 2.54. The first-order chi connectivity index (χ1) is 9.51. The topological polar surface area (TPSA) is 52.9 Å². The van der Waals surface area contributed by atoms with Crippen LogP contribution in [0.3, 0.4) is 0 Å². The summed E-state index contributed by atoms with van der Waals surface area (Å²) in [6.45, 7) is 0. The third-order valence-corrected chi connectivity index (χ3v) is 3.84. The number of carbonyl (C=O) groups excluding carboxylic acids is 1. The van der Waals surface area contributed by atoms with E-state index in [1.807, 2.05) is 6.07 Å². The molecule has 0 fully saturated rings. The van der Waals surface area contributed by atoms with Crippen LogP contribution in [0.2, 0.25) is 5.02 Å². The number of benzene rings is 2. The molecule has 20 heavy (non-hydrogen) atoms. The molecule has 3 nitrogen and oxygen atoms in total. The van der Waals surface area contributed by atoms with Crippen LogP contribution in [0.4, 0.5) is 5.69 Å². The number of nitrogens with zero attached hydrogens (tertiary/aromatic N) is 1. The molecule has 0 aliphatic heterocycles. The van der Waals surface area contributed by atoms with Crippen LogP contribution < -0.4 is 5.32 Å². The second-order valence-corrected chi connectivity index (χ2v) is 5.70. The van der Waals surface area contributed by atoms with Gasteiger partial charge in [0.25, 0.3) is 5.91 Å². The Labute approximate surface area is 135 Å². The fourth-order valence-corrected chi connectivity index (χ4v) is 2.36. The highest BCUT2D eigenvalue weighted by molar-refractivity contribution is 9.10. The highest BCUT2D eigenvalue weighted by atomic mass is 79.9. The van der Waals surface area contributed by atoms with Crippen LogP contribution in [0.25, 0.3) is 0 Å². The number of anilines is 1. The minimum atomic E-state index is -0.329. The molecule has 0 bridgehead atoms. The summed E-state index contributed by atoms with van der Waals surface area (Å²) < 4.78 is 0.653. The van der Waals surface area contributed by atoms with Crippen molar-refractivity contribution in [1.29, 1.82) is 5.26 Å². The zero-order chi connectivity index (χ0) is 14.7. The molecule has 0 spiro atoms. The van der Waals surface area contributed by atoms with Crippen molar-refractivity contribution in [2.45, 2.75) is 4.90 Å². The monoisotopic (exact) mass is 366 g/mol. The van der Waals surface area contributed by atoms with Gasteiger partial charge in [0.05, 0.1) is 27.9 Å². The second-order valence-electron chi connectivity index (χ2n) is 3.92. The van der Waals surface area contributed by atoms with Gasteiger partial charge in [0.15, 0.2) is 0 Å². The molecule has 0 unspecified atom stereocenters. The Morgan fingerprint density at radius 2 is 2.05 bits per heavy atom. The third kappa shape index (κ3) is 3.34. The standard InChI is InChI=1S/C14H8BrClN2OS/c15-11-3-2-9(20)6-10(11)14(19)18-13-5-8(7-17)1-4-12(13)16/h1-6,20H,(H,18,19). The number of hydrogen-bond donors (Lipinski definition) is 2. The van der Waals surface area contributed by atoms with Crippen LogP contribution in [0.5, 0.6) is 0 Å². The maximum atomic E-state index is 12.2. The number of amides is 1. The number of rotatable bonds is 2. The number of nitrogens with one attached hydrogen (secondary N) is 1. The summed E-state index contributed by atoms with van der Waals surface area (Å²) in [6.07, 6.45) is 0. The molecule has 0 saturated carbocycles. The van der Waals surface area contributed by atoms with Crippen LogP contribution in [-0.4, -0.2) is 5.91 Å². The second kappa shape index (κ2) is 6.31. The molecule has 0 aromatic heterocycles. The first kappa shape index (κ1) is 14.9. The smallest absolute Gasteiger partial charge is 0.256 e. The predicted molar refractivity (Wildman–Crippen MR) is 85.5 cm³/mol. The SMILES string of the molecule is N#Cc1ccc(Cl)c(NC(=O)c2cc(S)ccc2Br)c1. The van der Waals surface area contributed by atoms with E-state index in [0.29, 0.717) is 31.2 Å². The van der Waals surface area contributed by atoms with Crippen molar-refractivity contribution in [2.24, 2.45) is 0 Å². The van der Waals surface area contributed by atoms with Crippen molar-refractivity contribution in [1.82, 2.24) is 0 Å². The fourth-order valence-electron chi connectivity index (χ4n) is 1.57. The Morgan fingerprint density at radius 1 is 1.30 bits per heavy atom. The molecule has 0 saturated heterocycles. The highest BCUT2D eigenvalue weighted by Crippen LogP contribution is 2.25. The minimum absolute atomic E-state index is 0.329. The summed E-state index contributed by atoms with van der Waals surface area (Å²) in [5, 5.41) is 11.9. The van der Waals surface area contributed by atoms with Gasteiger partial charge < -0.3 is 5.32 Å². The summed E-state index contributed by atoms with van der Waals surface area (Å²) in [5.41, 5.74) is 1.26. The minimum Gasteiger partial charge on any atom is -0.321 e. The molecule has 2 aromatic rings. The van der Waals surface area contributed by atoms with E-state index >= 15 is 0 Å². The van der Waals surface area contributed by atoms with E-state index < -0.39 is 0 Å². The van der Waals surface area contributed by atoms with Gasteiger partial charge in [0.2, 0.25) is 0 Å². The van der Waals surface area contributed by atoms with Crippen LogP contribution >= 0.6 is 40.2 Å². The Kier molecular flexibility index (Phi) is 4.71. The summed E-state index contributed by atoms with van der Waals surface area (Å²) >= 11 is 13.5. The quantitative estimate of drug-likeness (QED) is 0.767. The molecule has 100 valence electrons. The molecule has 2 aromatic carbocycles. The van der Waals surface area contributed by atoms with Gasteiger partial charge in [-0.05, 0) is 52.3 Å². The lowest BCUT2D eigenvalue weighted by molar-refractivity contribution is 0.102. The van der Waals surface area contributed by atoms with Gasteiger partial charge in [0, 0.05) is 9.37 Å². The lowest BCUT2D eigenvalue weighted by Crippen LogP contribution is -2.13. The van der Waals surface area contributed by atoms with Crippen LogP contribution in [-0.2, 0) is 0 Å². The van der Waals surface area contributed by atoms with Crippen LogP contribution in [0, 0.1) is 11.3 Å². The van der Waals surface area contributed by atoms with Crippen molar-refractivity contribution in [3.8, 4) is 6.07 Å². The van der Waals surface area contributed by atoms with Gasteiger partial charge in [-0.2, -0.15) is 5.26 Å². The lowest BCUT2D eigenvalue weighted by Gasteiger charge is -2.09. The van der Waals surface area contributed by atoms with Crippen molar-refractivity contribution in [3.05, 3.63) is 57.0 Å². The molecule has 0 heterocycles. The van der Waals surface area contributed by atoms with Gasteiger partial charge in [-0.3, -0.25) is 4.79 Å². The van der Waals surface area contributed by atoms with Crippen molar-refractivity contribution in [2.75, 3.05) is 5.32 Å². The van der Waals surface area contributed by atoms with Crippen molar-refractivity contribution >= 4 is 51.8 Å². The first-order valence-corrected chi connectivity index (χ1v) is 7.12. The van der Waals surface area contributed by atoms with Gasteiger partial charge in [-0.1, -0.05) is 11.6 Å². The number of hydrogen-bond acceptors (Lipinski definition) is 3. The highest BCUT2D eigenvalue weighted by Gasteiger charge is 2.12. The van der Waals surface area contributed by atoms with Crippen molar-refractivity contribution < 1.29 is 4.79 Å².